The fourth-order valence-corrected chi connectivity index (χ4v) is 8.79. The molecule has 8 aromatic carbocycles. The van der Waals surface area contributed by atoms with Crippen LogP contribution >= 0.6 is 0 Å². The molecule has 0 spiro atoms. The van der Waals surface area contributed by atoms with E-state index in [0.29, 0.717) is 0 Å². The Kier molecular flexibility index (Phi) is 6.01. The van der Waals surface area contributed by atoms with Crippen molar-refractivity contribution in [2.75, 3.05) is 4.90 Å². The first-order valence-electron chi connectivity index (χ1n) is 17.9. The average molecular weight is 668 g/mol. The molecule has 0 atom stereocenters. The molecule has 3 heteroatoms. The lowest BCUT2D eigenvalue weighted by atomic mass is 9.80. The molecule has 10 aromatic rings. The minimum absolute atomic E-state index is 0.257. The van der Waals surface area contributed by atoms with E-state index in [9.17, 15) is 0 Å². The molecule has 246 valence electrons. The van der Waals surface area contributed by atoms with Crippen LogP contribution in [0.5, 0.6) is 0 Å². The van der Waals surface area contributed by atoms with E-state index in [2.05, 4.69) is 170 Å². The molecule has 0 bridgehead atoms. The zero-order chi connectivity index (χ0) is 34.6. The highest BCUT2D eigenvalue weighted by Crippen LogP contribution is 2.55. The summed E-state index contributed by atoms with van der Waals surface area (Å²) >= 11 is 0. The first kappa shape index (κ1) is 29.2. The van der Waals surface area contributed by atoms with E-state index in [0.717, 1.165) is 50.2 Å². The molecule has 0 radical (unpaired) electrons. The quantitative estimate of drug-likeness (QED) is 0.187. The van der Waals surface area contributed by atoms with E-state index in [1.165, 1.54) is 54.9 Å². The second-order valence-electron chi connectivity index (χ2n) is 14.5. The minimum Gasteiger partial charge on any atom is -0.456 e. The molecular weight excluding hydrogens is 635 g/mol. The van der Waals surface area contributed by atoms with Gasteiger partial charge in [-0.05, 0) is 105 Å². The third-order valence-electron chi connectivity index (χ3n) is 11.2. The lowest BCUT2D eigenvalue weighted by Gasteiger charge is -2.29. The summed E-state index contributed by atoms with van der Waals surface area (Å²) in [5.41, 5.74) is 14.2. The SMILES string of the molecule is CC1(C)c2cc(N(c3ccc(-c4ccc5ccccc5c4)cc3)c3cccc4oc5ccccc5c34)ccc2-c2ccc3oc4ccccc4c3c21. The van der Waals surface area contributed by atoms with Crippen molar-refractivity contribution in [2.45, 2.75) is 19.3 Å². The lowest BCUT2D eigenvalue weighted by molar-refractivity contribution is 0.657. The van der Waals surface area contributed by atoms with Gasteiger partial charge in [0.05, 0.1) is 11.1 Å². The maximum atomic E-state index is 6.41. The van der Waals surface area contributed by atoms with Crippen LogP contribution in [0.25, 0.3) is 76.9 Å². The van der Waals surface area contributed by atoms with Crippen LogP contribution in [0, 0.1) is 0 Å². The normalized spacial score (nSPS) is 13.3. The van der Waals surface area contributed by atoms with E-state index in [-0.39, 0.29) is 5.41 Å². The Balaban J connectivity index is 1.11. The second-order valence-corrected chi connectivity index (χ2v) is 14.5. The van der Waals surface area contributed by atoms with E-state index in [1.54, 1.807) is 0 Å². The van der Waals surface area contributed by atoms with Gasteiger partial charge in [0, 0.05) is 32.9 Å². The van der Waals surface area contributed by atoms with Crippen LogP contribution in [0.2, 0.25) is 0 Å². The molecule has 52 heavy (non-hydrogen) atoms. The number of fused-ring (bicyclic) bond motifs is 11. The van der Waals surface area contributed by atoms with Crippen LogP contribution in [-0.2, 0) is 5.41 Å². The van der Waals surface area contributed by atoms with Gasteiger partial charge in [-0.2, -0.15) is 0 Å². The van der Waals surface area contributed by atoms with Crippen molar-refractivity contribution in [1.82, 2.24) is 0 Å². The van der Waals surface area contributed by atoms with Gasteiger partial charge in [-0.15, -0.1) is 0 Å². The number of hydrogen-bond acceptors (Lipinski definition) is 3. The number of rotatable bonds is 4. The van der Waals surface area contributed by atoms with Gasteiger partial charge < -0.3 is 13.7 Å². The zero-order valence-electron chi connectivity index (χ0n) is 28.9. The molecule has 1 aliphatic rings. The molecule has 0 N–H and O–H groups in total. The van der Waals surface area contributed by atoms with E-state index in [1.807, 2.05) is 12.1 Å². The fraction of sp³-hybridized carbons (Fsp3) is 0.0612. The Labute approximate surface area is 301 Å². The summed E-state index contributed by atoms with van der Waals surface area (Å²) in [5, 5.41) is 7.08. The molecular formula is C49H33NO2. The summed E-state index contributed by atoms with van der Waals surface area (Å²) in [6.07, 6.45) is 0. The number of para-hydroxylation sites is 2. The Morgan fingerprint density at radius 3 is 1.85 bits per heavy atom. The Bertz CT molecular complexity index is 3050. The highest BCUT2D eigenvalue weighted by Gasteiger charge is 2.39. The van der Waals surface area contributed by atoms with Crippen LogP contribution < -0.4 is 4.90 Å². The number of benzene rings is 8. The van der Waals surface area contributed by atoms with E-state index in [4.69, 9.17) is 8.83 Å². The summed E-state index contributed by atoms with van der Waals surface area (Å²) < 4.78 is 12.8. The van der Waals surface area contributed by atoms with Crippen molar-refractivity contribution in [2.24, 2.45) is 0 Å². The van der Waals surface area contributed by atoms with E-state index < -0.39 is 0 Å². The van der Waals surface area contributed by atoms with Gasteiger partial charge in [0.1, 0.15) is 22.3 Å². The molecule has 11 rings (SSSR count). The number of furan rings is 2. The number of nitrogens with zero attached hydrogens (tertiary/aromatic N) is 1. The van der Waals surface area contributed by atoms with E-state index >= 15 is 0 Å². The summed E-state index contributed by atoms with van der Waals surface area (Å²) in [6, 6.07) is 58.7. The molecule has 0 saturated heterocycles. The van der Waals surface area contributed by atoms with Gasteiger partial charge in [0.25, 0.3) is 0 Å². The fourth-order valence-electron chi connectivity index (χ4n) is 8.79. The monoisotopic (exact) mass is 667 g/mol. The predicted molar refractivity (Wildman–Crippen MR) is 216 cm³/mol. The van der Waals surface area contributed by atoms with Gasteiger partial charge >= 0.3 is 0 Å². The first-order chi connectivity index (χ1) is 25.5. The number of hydrogen-bond donors (Lipinski definition) is 0. The van der Waals surface area contributed by atoms with Gasteiger partial charge in [-0.25, -0.2) is 0 Å². The summed E-state index contributed by atoms with van der Waals surface area (Å²) in [4.78, 5) is 2.40. The zero-order valence-corrected chi connectivity index (χ0v) is 28.9. The topological polar surface area (TPSA) is 29.5 Å². The summed E-state index contributed by atoms with van der Waals surface area (Å²) in [5.74, 6) is 0. The average Bonchev–Trinajstić information content (AvgIpc) is 3.83. The summed E-state index contributed by atoms with van der Waals surface area (Å²) in [7, 11) is 0. The third-order valence-corrected chi connectivity index (χ3v) is 11.2. The highest BCUT2D eigenvalue weighted by molar-refractivity contribution is 6.14. The molecule has 0 aliphatic heterocycles. The van der Waals surface area contributed by atoms with Crippen molar-refractivity contribution >= 4 is 71.7 Å². The van der Waals surface area contributed by atoms with Crippen LogP contribution in [-0.4, -0.2) is 0 Å². The molecule has 2 heterocycles. The Morgan fingerprint density at radius 2 is 1.06 bits per heavy atom. The molecule has 1 aliphatic carbocycles. The number of anilines is 3. The second kappa shape index (κ2) is 10.7. The maximum absolute atomic E-state index is 6.41. The molecule has 0 saturated carbocycles. The van der Waals surface area contributed by atoms with Crippen molar-refractivity contribution in [1.29, 1.82) is 0 Å². The molecule has 2 aromatic heterocycles. The standard InChI is InChI=1S/C49H33NO2/c1-49(2)40-29-35(24-25-36(40)37-26-27-45-47(48(37)49)39-13-6-8-16-43(39)52-45)50(41-14-9-17-44-46(41)38-12-5-7-15-42(38)51-44)34-22-20-31(21-23-34)33-19-18-30-10-3-4-11-32(30)28-33/h3-29H,1-2H3. The molecule has 0 amide bonds. The summed E-state index contributed by atoms with van der Waals surface area (Å²) in [6.45, 7) is 4.71. The van der Waals surface area contributed by atoms with Crippen LogP contribution in [0.15, 0.2) is 173 Å². The molecule has 3 nitrogen and oxygen atoms in total. The Hall–Kier alpha value is -6.58. The minimum atomic E-state index is -0.257. The third kappa shape index (κ3) is 4.14. The molecule has 0 unspecified atom stereocenters. The van der Waals surface area contributed by atoms with Gasteiger partial charge in [0.2, 0.25) is 0 Å². The van der Waals surface area contributed by atoms with Crippen LogP contribution in [0.3, 0.4) is 0 Å². The van der Waals surface area contributed by atoms with Crippen LogP contribution in [0.1, 0.15) is 25.0 Å². The molecule has 0 fully saturated rings. The lowest BCUT2D eigenvalue weighted by Crippen LogP contribution is -2.17. The first-order valence-corrected chi connectivity index (χ1v) is 17.9. The van der Waals surface area contributed by atoms with Gasteiger partial charge in [-0.1, -0.05) is 117 Å². The van der Waals surface area contributed by atoms with Crippen molar-refractivity contribution in [3.8, 4) is 22.3 Å². The smallest absolute Gasteiger partial charge is 0.137 e. The van der Waals surface area contributed by atoms with Crippen molar-refractivity contribution < 1.29 is 8.83 Å². The highest BCUT2D eigenvalue weighted by atomic mass is 16.3. The van der Waals surface area contributed by atoms with Gasteiger partial charge in [-0.3, -0.25) is 0 Å². The Morgan fingerprint density at radius 1 is 0.442 bits per heavy atom. The predicted octanol–water partition coefficient (Wildman–Crippen LogP) is 14.1. The van der Waals surface area contributed by atoms with Crippen LogP contribution in [0.4, 0.5) is 17.1 Å². The van der Waals surface area contributed by atoms with Crippen molar-refractivity contribution in [3.05, 3.63) is 175 Å². The largest absolute Gasteiger partial charge is 0.456 e. The van der Waals surface area contributed by atoms with Crippen molar-refractivity contribution in [3.63, 3.8) is 0 Å². The van der Waals surface area contributed by atoms with Gasteiger partial charge in [0.15, 0.2) is 0 Å². The maximum Gasteiger partial charge on any atom is 0.137 e.